The van der Waals surface area contributed by atoms with Crippen LogP contribution in [0, 0.1) is 6.92 Å². The number of nitrogens with zero attached hydrogens (tertiary/aromatic N) is 2. The molecule has 0 spiro atoms. The van der Waals surface area contributed by atoms with Gasteiger partial charge in [0.1, 0.15) is 5.82 Å². The van der Waals surface area contributed by atoms with Gasteiger partial charge in [0.2, 0.25) is 0 Å². The number of rotatable bonds is 2. The highest BCUT2D eigenvalue weighted by molar-refractivity contribution is 6.32. The summed E-state index contributed by atoms with van der Waals surface area (Å²) in [4.78, 5) is 4.24. The summed E-state index contributed by atoms with van der Waals surface area (Å²) in [5, 5.41) is 4.20. The van der Waals surface area contributed by atoms with Crippen molar-refractivity contribution in [1.29, 1.82) is 0 Å². The van der Waals surface area contributed by atoms with E-state index in [9.17, 15) is 0 Å². The van der Waals surface area contributed by atoms with Crippen LogP contribution in [0.2, 0.25) is 5.02 Å². The van der Waals surface area contributed by atoms with E-state index in [2.05, 4.69) is 28.5 Å². The highest BCUT2D eigenvalue weighted by atomic mass is 35.5. The van der Waals surface area contributed by atoms with Crippen molar-refractivity contribution in [3.8, 4) is 5.69 Å². The van der Waals surface area contributed by atoms with Crippen LogP contribution in [0.1, 0.15) is 30.1 Å². The molecule has 1 aliphatic heterocycles. The van der Waals surface area contributed by atoms with E-state index < -0.39 is 0 Å². The van der Waals surface area contributed by atoms with Crippen LogP contribution in [-0.4, -0.2) is 22.6 Å². The Morgan fingerprint density at radius 2 is 2.11 bits per heavy atom. The number of hydrogen-bond donors (Lipinski definition) is 1. The van der Waals surface area contributed by atoms with Gasteiger partial charge in [0.25, 0.3) is 0 Å². The lowest BCUT2D eigenvalue weighted by Crippen LogP contribution is -2.26. The van der Waals surface area contributed by atoms with E-state index in [0.717, 1.165) is 29.6 Å². The first kappa shape index (κ1) is 12.7. The summed E-state index contributed by atoms with van der Waals surface area (Å²) in [7, 11) is 0. The van der Waals surface area contributed by atoms with Gasteiger partial charge in [-0.2, -0.15) is 0 Å². The molecule has 4 heteroatoms. The van der Waals surface area contributed by atoms with Gasteiger partial charge in [0.05, 0.1) is 10.7 Å². The molecule has 0 aliphatic carbocycles. The van der Waals surface area contributed by atoms with Gasteiger partial charge in [-0.15, -0.1) is 0 Å². The van der Waals surface area contributed by atoms with Gasteiger partial charge in [0, 0.05) is 12.4 Å². The quantitative estimate of drug-likeness (QED) is 0.911. The van der Waals surface area contributed by atoms with Gasteiger partial charge in [-0.05, 0) is 56.5 Å². The first-order valence-corrected chi connectivity index (χ1v) is 7.14. The van der Waals surface area contributed by atoms with E-state index in [-0.39, 0.29) is 0 Å². The summed E-state index contributed by atoms with van der Waals surface area (Å²) in [6, 6.07) is 6.43. The molecule has 1 N–H and O–H groups in total. The van der Waals surface area contributed by atoms with Crippen molar-refractivity contribution >= 4 is 11.6 Å². The zero-order valence-corrected chi connectivity index (χ0v) is 11.8. The smallest absolute Gasteiger partial charge is 0.110 e. The number of aryl methyl sites for hydroxylation is 1. The van der Waals surface area contributed by atoms with Gasteiger partial charge in [0.15, 0.2) is 0 Å². The number of aromatic nitrogens is 2. The summed E-state index contributed by atoms with van der Waals surface area (Å²) in [6.45, 7) is 4.19. The molecule has 0 radical (unpaired) electrons. The molecular weight excluding hydrogens is 258 g/mol. The predicted molar refractivity (Wildman–Crippen MR) is 78.2 cm³/mol. The van der Waals surface area contributed by atoms with Crippen molar-refractivity contribution in [2.75, 3.05) is 13.1 Å². The molecule has 3 nitrogen and oxygen atoms in total. The molecule has 19 heavy (non-hydrogen) atoms. The Bertz CT molecular complexity index is 571. The van der Waals surface area contributed by atoms with Crippen molar-refractivity contribution in [3.63, 3.8) is 0 Å². The minimum absolute atomic E-state index is 0.636. The van der Waals surface area contributed by atoms with E-state index in [1.165, 1.54) is 18.4 Å². The maximum Gasteiger partial charge on any atom is 0.110 e. The van der Waals surface area contributed by atoms with Crippen LogP contribution in [0.15, 0.2) is 30.6 Å². The zero-order valence-electron chi connectivity index (χ0n) is 11.1. The summed E-state index contributed by atoms with van der Waals surface area (Å²) in [5.74, 6) is 1.59. The van der Waals surface area contributed by atoms with E-state index in [1.807, 2.05) is 17.7 Å². The first-order chi connectivity index (χ1) is 9.25. The standard InChI is InChI=1S/C15H18ClN3/c1-11-18-8-9-19(11)15-3-2-13(10-14(15)16)12-4-6-17-7-5-12/h2-3,8-10,12,17H,4-7H2,1H3. The Hall–Kier alpha value is -1.32. The Morgan fingerprint density at radius 3 is 2.74 bits per heavy atom. The minimum atomic E-state index is 0.636. The summed E-state index contributed by atoms with van der Waals surface area (Å²) in [6.07, 6.45) is 6.13. The van der Waals surface area contributed by atoms with Crippen LogP contribution in [0.3, 0.4) is 0 Å². The van der Waals surface area contributed by atoms with Crippen LogP contribution in [-0.2, 0) is 0 Å². The zero-order chi connectivity index (χ0) is 13.2. The Kier molecular flexibility index (Phi) is 3.58. The highest BCUT2D eigenvalue weighted by Gasteiger charge is 2.16. The van der Waals surface area contributed by atoms with E-state index in [4.69, 9.17) is 11.6 Å². The third kappa shape index (κ3) is 2.53. The van der Waals surface area contributed by atoms with Gasteiger partial charge >= 0.3 is 0 Å². The molecule has 0 bridgehead atoms. The molecule has 1 aliphatic rings. The lowest BCUT2D eigenvalue weighted by Gasteiger charge is -2.23. The van der Waals surface area contributed by atoms with E-state index in [1.54, 1.807) is 6.20 Å². The van der Waals surface area contributed by atoms with Gasteiger partial charge < -0.3 is 9.88 Å². The fourth-order valence-electron chi connectivity index (χ4n) is 2.76. The Morgan fingerprint density at radius 1 is 1.32 bits per heavy atom. The fourth-order valence-corrected chi connectivity index (χ4v) is 3.04. The first-order valence-electron chi connectivity index (χ1n) is 6.76. The topological polar surface area (TPSA) is 29.9 Å². The molecule has 1 aromatic heterocycles. The van der Waals surface area contributed by atoms with Crippen LogP contribution < -0.4 is 5.32 Å². The number of piperidine rings is 1. The number of halogens is 1. The summed E-state index contributed by atoms with van der Waals surface area (Å²) < 4.78 is 2.02. The van der Waals surface area contributed by atoms with Gasteiger partial charge in [-0.1, -0.05) is 17.7 Å². The van der Waals surface area contributed by atoms with Crippen LogP contribution in [0.25, 0.3) is 5.69 Å². The molecule has 3 rings (SSSR count). The normalized spacial score (nSPS) is 16.7. The monoisotopic (exact) mass is 275 g/mol. The number of imidazole rings is 1. The largest absolute Gasteiger partial charge is 0.317 e. The SMILES string of the molecule is Cc1nccn1-c1ccc(C2CCNCC2)cc1Cl. The second kappa shape index (κ2) is 5.35. The average Bonchev–Trinajstić information content (AvgIpc) is 2.86. The molecular formula is C15H18ClN3. The van der Waals surface area contributed by atoms with Crippen molar-refractivity contribution in [2.24, 2.45) is 0 Å². The fraction of sp³-hybridized carbons (Fsp3) is 0.400. The van der Waals surface area contributed by atoms with Crippen LogP contribution in [0.4, 0.5) is 0 Å². The number of nitrogens with one attached hydrogen (secondary N) is 1. The summed E-state index contributed by atoms with van der Waals surface area (Å²) >= 11 is 6.45. The van der Waals surface area contributed by atoms with Gasteiger partial charge in [-0.3, -0.25) is 0 Å². The lowest BCUT2D eigenvalue weighted by molar-refractivity contribution is 0.460. The summed E-state index contributed by atoms with van der Waals surface area (Å²) in [5.41, 5.74) is 2.36. The molecule has 1 saturated heterocycles. The molecule has 0 amide bonds. The van der Waals surface area contributed by atoms with E-state index in [0.29, 0.717) is 5.92 Å². The second-order valence-electron chi connectivity index (χ2n) is 5.08. The lowest BCUT2D eigenvalue weighted by atomic mass is 9.90. The highest BCUT2D eigenvalue weighted by Crippen LogP contribution is 2.30. The van der Waals surface area contributed by atoms with Crippen LogP contribution in [0.5, 0.6) is 0 Å². The third-order valence-electron chi connectivity index (χ3n) is 3.87. The molecule has 1 fully saturated rings. The Labute approximate surface area is 118 Å². The van der Waals surface area contributed by atoms with Crippen molar-refractivity contribution in [2.45, 2.75) is 25.7 Å². The number of benzene rings is 1. The molecule has 2 heterocycles. The number of hydrogen-bond acceptors (Lipinski definition) is 2. The molecule has 1 aromatic carbocycles. The predicted octanol–water partition coefficient (Wildman–Crippen LogP) is 3.30. The Balaban J connectivity index is 1.91. The second-order valence-corrected chi connectivity index (χ2v) is 5.49. The molecule has 0 atom stereocenters. The molecule has 0 saturated carbocycles. The molecule has 0 unspecified atom stereocenters. The maximum atomic E-state index is 6.45. The van der Waals surface area contributed by atoms with E-state index >= 15 is 0 Å². The molecule has 100 valence electrons. The van der Waals surface area contributed by atoms with Crippen molar-refractivity contribution in [3.05, 3.63) is 47.0 Å². The van der Waals surface area contributed by atoms with Crippen LogP contribution >= 0.6 is 11.6 Å². The average molecular weight is 276 g/mol. The maximum absolute atomic E-state index is 6.45. The van der Waals surface area contributed by atoms with Crippen molar-refractivity contribution in [1.82, 2.24) is 14.9 Å². The molecule has 2 aromatic rings. The third-order valence-corrected chi connectivity index (χ3v) is 4.17. The minimum Gasteiger partial charge on any atom is -0.317 e. The van der Waals surface area contributed by atoms with Gasteiger partial charge in [-0.25, -0.2) is 4.98 Å². The van der Waals surface area contributed by atoms with Crippen molar-refractivity contribution < 1.29 is 0 Å².